The first kappa shape index (κ1) is 16.0. The van der Waals surface area contributed by atoms with Crippen LogP contribution in [0.3, 0.4) is 0 Å². The lowest BCUT2D eigenvalue weighted by atomic mass is 10.1. The van der Waals surface area contributed by atoms with Crippen LogP contribution in [-0.2, 0) is 4.74 Å². The summed E-state index contributed by atoms with van der Waals surface area (Å²) < 4.78 is 18.3. The van der Waals surface area contributed by atoms with Crippen LogP contribution in [0.15, 0.2) is 18.3 Å². The van der Waals surface area contributed by atoms with Crippen molar-refractivity contribution in [2.24, 2.45) is 0 Å². The first-order valence-corrected chi connectivity index (χ1v) is 6.70. The zero-order chi connectivity index (χ0) is 14.1. The SMILES string of the molecule is CCC(NCCOCCN(C)C)c1ccc(F)cn1. The van der Waals surface area contributed by atoms with Gasteiger partial charge in [-0.1, -0.05) is 6.92 Å². The maximum atomic E-state index is 12.8. The standard InChI is InChI=1S/C14H24FN3O/c1-4-13(14-6-5-12(15)11-17-14)16-7-9-19-10-8-18(2)3/h5-6,11,13,16H,4,7-10H2,1-3H3. The fourth-order valence-corrected chi connectivity index (χ4v) is 1.71. The number of rotatable bonds is 9. The molecule has 1 unspecified atom stereocenters. The lowest BCUT2D eigenvalue weighted by Gasteiger charge is -2.16. The molecule has 0 aliphatic carbocycles. The van der Waals surface area contributed by atoms with Gasteiger partial charge >= 0.3 is 0 Å². The van der Waals surface area contributed by atoms with Crippen molar-refractivity contribution < 1.29 is 9.13 Å². The largest absolute Gasteiger partial charge is 0.379 e. The van der Waals surface area contributed by atoms with E-state index in [1.165, 1.54) is 12.3 Å². The number of nitrogens with one attached hydrogen (secondary N) is 1. The normalized spacial score (nSPS) is 12.9. The molecule has 1 rings (SSSR count). The number of hydrogen-bond donors (Lipinski definition) is 1. The van der Waals surface area contributed by atoms with Crippen molar-refractivity contribution in [3.8, 4) is 0 Å². The van der Waals surface area contributed by atoms with Gasteiger partial charge in [0.15, 0.2) is 0 Å². The number of pyridine rings is 1. The molecular formula is C14H24FN3O. The van der Waals surface area contributed by atoms with Gasteiger partial charge in [-0.05, 0) is 32.6 Å². The van der Waals surface area contributed by atoms with Crippen molar-refractivity contribution >= 4 is 0 Å². The third-order valence-electron chi connectivity index (χ3n) is 2.84. The second kappa shape index (κ2) is 8.96. The number of nitrogens with zero attached hydrogens (tertiary/aromatic N) is 2. The van der Waals surface area contributed by atoms with Gasteiger partial charge in [0.1, 0.15) is 5.82 Å². The van der Waals surface area contributed by atoms with E-state index in [1.54, 1.807) is 6.07 Å². The second-order valence-corrected chi connectivity index (χ2v) is 4.73. The zero-order valence-corrected chi connectivity index (χ0v) is 12.0. The minimum Gasteiger partial charge on any atom is -0.379 e. The molecule has 0 spiro atoms. The van der Waals surface area contributed by atoms with Crippen LogP contribution < -0.4 is 5.32 Å². The number of likely N-dealkylation sites (N-methyl/N-ethyl adjacent to an activating group) is 1. The average molecular weight is 269 g/mol. The minimum atomic E-state index is -0.300. The molecule has 5 heteroatoms. The second-order valence-electron chi connectivity index (χ2n) is 4.73. The number of ether oxygens (including phenoxy) is 1. The van der Waals surface area contributed by atoms with E-state index in [1.807, 2.05) is 14.1 Å². The predicted octanol–water partition coefficient (Wildman–Crippen LogP) is 1.84. The highest BCUT2D eigenvalue weighted by atomic mass is 19.1. The molecule has 1 atom stereocenters. The molecule has 0 saturated carbocycles. The van der Waals surface area contributed by atoms with Crippen molar-refractivity contribution in [1.29, 1.82) is 0 Å². The Morgan fingerprint density at radius 2 is 2.16 bits per heavy atom. The van der Waals surface area contributed by atoms with E-state index in [9.17, 15) is 4.39 Å². The third-order valence-corrected chi connectivity index (χ3v) is 2.84. The summed E-state index contributed by atoms with van der Waals surface area (Å²) in [5, 5.41) is 3.37. The van der Waals surface area contributed by atoms with Gasteiger partial charge < -0.3 is 15.0 Å². The summed E-state index contributed by atoms with van der Waals surface area (Å²) in [4.78, 5) is 6.19. The summed E-state index contributed by atoms with van der Waals surface area (Å²) in [6.07, 6.45) is 2.17. The molecule has 4 nitrogen and oxygen atoms in total. The molecule has 1 N–H and O–H groups in total. The molecule has 0 bridgehead atoms. The van der Waals surface area contributed by atoms with Gasteiger partial charge in [-0.25, -0.2) is 4.39 Å². The molecule has 0 saturated heterocycles. The van der Waals surface area contributed by atoms with Crippen LogP contribution in [0, 0.1) is 5.82 Å². The first-order valence-electron chi connectivity index (χ1n) is 6.70. The van der Waals surface area contributed by atoms with E-state index >= 15 is 0 Å². The lowest BCUT2D eigenvalue weighted by molar-refractivity contribution is 0.117. The van der Waals surface area contributed by atoms with Gasteiger partial charge in [0, 0.05) is 19.1 Å². The molecule has 1 aromatic heterocycles. The van der Waals surface area contributed by atoms with Gasteiger partial charge in [0.05, 0.1) is 25.1 Å². The van der Waals surface area contributed by atoms with Gasteiger partial charge in [-0.15, -0.1) is 0 Å². The van der Waals surface area contributed by atoms with Crippen molar-refractivity contribution in [2.75, 3.05) is 40.4 Å². The molecule has 19 heavy (non-hydrogen) atoms. The predicted molar refractivity (Wildman–Crippen MR) is 74.6 cm³/mol. The summed E-state index contributed by atoms with van der Waals surface area (Å²) in [7, 11) is 4.05. The van der Waals surface area contributed by atoms with Crippen molar-refractivity contribution in [3.63, 3.8) is 0 Å². The summed E-state index contributed by atoms with van der Waals surface area (Å²) in [6.45, 7) is 5.18. The highest BCUT2D eigenvalue weighted by Gasteiger charge is 2.09. The number of halogens is 1. The monoisotopic (exact) mass is 269 g/mol. The fraction of sp³-hybridized carbons (Fsp3) is 0.643. The topological polar surface area (TPSA) is 37.4 Å². The Hall–Kier alpha value is -1.04. The van der Waals surface area contributed by atoms with E-state index in [2.05, 4.69) is 22.1 Å². The summed E-state index contributed by atoms with van der Waals surface area (Å²) in [6, 6.07) is 3.32. The van der Waals surface area contributed by atoms with E-state index in [0.29, 0.717) is 6.61 Å². The van der Waals surface area contributed by atoms with Gasteiger partial charge in [-0.3, -0.25) is 4.98 Å². The van der Waals surface area contributed by atoms with Crippen LogP contribution in [0.1, 0.15) is 25.1 Å². The summed E-state index contributed by atoms with van der Waals surface area (Å²) in [5.41, 5.74) is 0.872. The minimum absolute atomic E-state index is 0.151. The van der Waals surface area contributed by atoms with E-state index in [0.717, 1.165) is 31.8 Å². The van der Waals surface area contributed by atoms with Gasteiger partial charge in [-0.2, -0.15) is 0 Å². The maximum absolute atomic E-state index is 12.8. The first-order chi connectivity index (χ1) is 9.13. The molecule has 108 valence electrons. The van der Waals surface area contributed by atoms with E-state index < -0.39 is 0 Å². The molecule has 0 aliphatic rings. The number of hydrogen-bond acceptors (Lipinski definition) is 4. The van der Waals surface area contributed by atoms with Crippen molar-refractivity contribution in [2.45, 2.75) is 19.4 Å². The van der Waals surface area contributed by atoms with Gasteiger partial charge in [0.25, 0.3) is 0 Å². The molecule has 1 aromatic rings. The van der Waals surface area contributed by atoms with Crippen molar-refractivity contribution in [1.82, 2.24) is 15.2 Å². The van der Waals surface area contributed by atoms with Crippen LogP contribution in [0.2, 0.25) is 0 Å². The average Bonchev–Trinajstić information content (AvgIpc) is 2.39. The molecule has 0 fully saturated rings. The molecule has 1 heterocycles. The van der Waals surface area contributed by atoms with Crippen molar-refractivity contribution in [3.05, 3.63) is 29.8 Å². The fourth-order valence-electron chi connectivity index (χ4n) is 1.71. The lowest BCUT2D eigenvalue weighted by Crippen LogP contribution is -2.27. The third kappa shape index (κ3) is 6.61. The molecule has 0 aliphatic heterocycles. The van der Waals surface area contributed by atoms with Gasteiger partial charge in [0.2, 0.25) is 0 Å². The molecule has 0 aromatic carbocycles. The Balaban J connectivity index is 2.24. The van der Waals surface area contributed by atoms with Crippen LogP contribution in [-0.4, -0.2) is 50.3 Å². The maximum Gasteiger partial charge on any atom is 0.141 e. The Bertz CT molecular complexity index is 343. The zero-order valence-electron chi connectivity index (χ0n) is 12.0. The summed E-state index contributed by atoms with van der Waals surface area (Å²) in [5.74, 6) is -0.300. The van der Waals surface area contributed by atoms with Crippen LogP contribution >= 0.6 is 0 Å². The van der Waals surface area contributed by atoms with E-state index in [-0.39, 0.29) is 11.9 Å². The Morgan fingerprint density at radius 1 is 1.37 bits per heavy atom. The highest BCUT2D eigenvalue weighted by Crippen LogP contribution is 2.13. The Morgan fingerprint density at radius 3 is 2.74 bits per heavy atom. The molecule has 0 amide bonds. The smallest absolute Gasteiger partial charge is 0.141 e. The van der Waals surface area contributed by atoms with Crippen LogP contribution in [0.25, 0.3) is 0 Å². The molecule has 0 radical (unpaired) electrons. The Kier molecular flexibility index (Phi) is 7.55. The molecular weight excluding hydrogens is 245 g/mol. The quantitative estimate of drug-likeness (QED) is 0.694. The Labute approximate surface area is 115 Å². The van der Waals surface area contributed by atoms with E-state index in [4.69, 9.17) is 4.74 Å². The summed E-state index contributed by atoms with van der Waals surface area (Å²) >= 11 is 0. The van der Waals surface area contributed by atoms with Crippen LogP contribution in [0.5, 0.6) is 0 Å². The number of aromatic nitrogens is 1. The van der Waals surface area contributed by atoms with Crippen LogP contribution in [0.4, 0.5) is 4.39 Å². The highest BCUT2D eigenvalue weighted by molar-refractivity contribution is 5.09.